The second-order valence-corrected chi connectivity index (χ2v) is 6.29. The van der Waals surface area contributed by atoms with E-state index < -0.39 is 0 Å². The largest absolute Gasteiger partial charge is 0.457 e. The van der Waals surface area contributed by atoms with Gasteiger partial charge in [-0.1, -0.05) is 48.5 Å². The van der Waals surface area contributed by atoms with Crippen LogP contribution < -0.4 is 4.74 Å². The molecule has 0 atom stereocenters. The Morgan fingerprint density at radius 2 is 1.37 bits per heavy atom. The first-order valence-electron chi connectivity index (χ1n) is 8.60. The number of hydrogen-bond acceptors (Lipinski definition) is 3. The molecule has 0 amide bonds. The molecule has 0 aromatic heterocycles. The van der Waals surface area contributed by atoms with Crippen molar-refractivity contribution in [1.82, 2.24) is 0 Å². The predicted molar refractivity (Wildman–Crippen MR) is 102 cm³/mol. The molecule has 0 fully saturated rings. The summed E-state index contributed by atoms with van der Waals surface area (Å²) in [5.41, 5.74) is 2.33. The van der Waals surface area contributed by atoms with Gasteiger partial charge in [0.1, 0.15) is 23.1 Å². The lowest BCUT2D eigenvalue weighted by Crippen LogP contribution is -2.16. The van der Waals surface area contributed by atoms with E-state index in [1.165, 1.54) is 25.1 Å². The highest BCUT2D eigenvalue weighted by atomic mass is 19.1. The van der Waals surface area contributed by atoms with Gasteiger partial charge in [-0.15, -0.1) is 0 Å². The molecule has 0 saturated heterocycles. The van der Waals surface area contributed by atoms with Crippen molar-refractivity contribution < 1.29 is 18.7 Å². The Morgan fingerprint density at radius 3 is 1.81 bits per heavy atom. The number of Topliss-reactive ketones (excluding diaryl/α,β-unsaturated/α-hetero) is 2. The van der Waals surface area contributed by atoms with Gasteiger partial charge in [-0.05, 0) is 38.1 Å². The number of carbonyl (C=O) groups excluding carboxylic acids is 2. The standard InChI is InChI=1S/C15H12O2.C8H7FO/c1-10(16)15-11-6-2-4-8-13(11)17-14-9-5-3-7-12(14)15;1-6(10)7-3-2-4-8(9)5-7/h2-9,15H,1H3;2-5H,1H3. The highest BCUT2D eigenvalue weighted by Gasteiger charge is 2.29. The number of benzene rings is 3. The maximum Gasteiger partial charge on any atom is 0.159 e. The third-order valence-corrected chi connectivity index (χ3v) is 4.32. The molecule has 0 unspecified atom stereocenters. The summed E-state index contributed by atoms with van der Waals surface area (Å²) in [6.07, 6.45) is 0. The average molecular weight is 362 g/mol. The summed E-state index contributed by atoms with van der Waals surface area (Å²) in [4.78, 5) is 22.5. The Kier molecular flexibility index (Phi) is 5.46. The monoisotopic (exact) mass is 362 g/mol. The van der Waals surface area contributed by atoms with Crippen LogP contribution in [0.15, 0.2) is 72.8 Å². The van der Waals surface area contributed by atoms with Crippen LogP contribution in [0.3, 0.4) is 0 Å². The van der Waals surface area contributed by atoms with E-state index in [1.54, 1.807) is 13.0 Å². The van der Waals surface area contributed by atoms with Crippen LogP contribution in [-0.4, -0.2) is 11.6 Å². The molecule has 3 aromatic carbocycles. The summed E-state index contributed by atoms with van der Waals surface area (Å²) in [5, 5.41) is 0. The van der Waals surface area contributed by atoms with E-state index in [9.17, 15) is 14.0 Å². The van der Waals surface area contributed by atoms with Gasteiger partial charge < -0.3 is 4.74 Å². The smallest absolute Gasteiger partial charge is 0.159 e. The fourth-order valence-corrected chi connectivity index (χ4v) is 3.06. The number of ketones is 2. The Hall–Kier alpha value is -3.27. The van der Waals surface area contributed by atoms with Gasteiger partial charge in [0, 0.05) is 16.7 Å². The van der Waals surface area contributed by atoms with Crippen LogP contribution in [0.4, 0.5) is 4.39 Å². The van der Waals surface area contributed by atoms with Crippen LogP contribution in [0, 0.1) is 5.82 Å². The molecule has 3 nitrogen and oxygen atoms in total. The van der Waals surface area contributed by atoms with Crippen molar-refractivity contribution in [3.05, 3.63) is 95.3 Å². The molecule has 4 rings (SSSR count). The van der Waals surface area contributed by atoms with Crippen LogP contribution in [-0.2, 0) is 4.79 Å². The van der Waals surface area contributed by atoms with Gasteiger partial charge in [-0.25, -0.2) is 4.39 Å². The highest BCUT2D eigenvalue weighted by Crippen LogP contribution is 2.43. The Morgan fingerprint density at radius 1 is 0.815 bits per heavy atom. The number of hydrogen-bond donors (Lipinski definition) is 0. The number of fused-ring (bicyclic) bond motifs is 2. The van der Waals surface area contributed by atoms with E-state index in [0.717, 1.165) is 22.6 Å². The van der Waals surface area contributed by atoms with Crippen LogP contribution in [0.25, 0.3) is 0 Å². The summed E-state index contributed by atoms with van der Waals surface area (Å²) in [6, 6.07) is 21.1. The lowest BCUT2D eigenvalue weighted by molar-refractivity contribution is -0.117. The highest BCUT2D eigenvalue weighted by molar-refractivity contribution is 5.94. The topological polar surface area (TPSA) is 43.4 Å². The molecule has 3 aromatic rings. The van der Waals surface area contributed by atoms with Crippen molar-refractivity contribution in [1.29, 1.82) is 0 Å². The maximum atomic E-state index is 12.4. The van der Waals surface area contributed by atoms with E-state index in [1.807, 2.05) is 48.5 Å². The number of rotatable bonds is 2. The Bertz CT molecular complexity index is 949. The average Bonchev–Trinajstić information content (AvgIpc) is 2.66. The van der Waals surface area contributed by atoms with E-state index >= 15 is 0 Å². The lowest BCUT2D eigenvalue weighted by Gasteiger charge is -2.26. The van der Waals surface area contributed by atoms with E-state index in [4.69, 9.17) is 4.74 Å². The first-order chi connectivity index (χ1) is 13.0. The van der Waals surface area contributed by atoms with Gasteiger partial charge in [0.15, 0.2) is 5.78 Å². The first kappa shape index (κ1) is 18.5. The maximum absolute atomic E-state index is 12.4. The van der Waals surface area contributed by atoms with E-state index in [0.29, 0.717) is 5.56 Å². The normalized spacial score (nSPS) is 12.0. The molecule has 0 saturated carbocycles. The summed E-state index contributed by atoms with van der Waals surface area (Å²) >= 11 is 0. The van der Waals surface area contributed by atoms with Crippen LogP contribution >= 0.6 is 0 Å². The van der Waals surface area contributed by atoms with E-state index in [2.05, 4.69) is 0 Å². The van der Waals surface area contributed by atoms with Crippen molar-refractivity contribution in [3.8, 4) is 11.5 Å². The molecule has 1 aliphatic rings. The molecule has 136 valence electrons. The van der Waals surface area contributed by atoms with Gasteiger partial charge >= 0.3 is 0 Å². The zero-order valence-corrected chi connectivity index (χ0v) is 15.1. The Balaban J connectivity index is 0.000000180. The molecule has 4 heteroatoms. The van der Waals surface area contributed by atoms with Crippen LogP contribution in [0.1, 0.15) is 41.3 Å². The summed E-state index contributed by atoms with van der Waals surface area (Å²) in [7, 11) is 0. The molecule has 0 aliphatic carbocycles. The SMILES string of the molecule is CC(=O)C1c2ccccc2Oc2ccccc21.CC(=O)c1cccc(F)c1. The fraction of sp³-hybridized carbons (Fsp3) is 0.130. The van der Waals surface area contributed by atoms with Crippen LogP contribution in [0.5, 0.6) is 11.5 Å². The lowest BCUT2D eigenvalue weighted by atomic mass is 9.85. The molecular formula is C23H19FO3. The van der Waals surface area contributed by atoms with E-state index in [-0.39, 0.29) is 23.3 Å². The fourth-order valence-electron chi connectivity index (χ4n) is 3.06. The number of para-hydroxylation sites is 2. The second-order valence-electron chi connectivity index (χ2n) is 6.29. The molecule has 0 N–H and O–H groups in total. The zero-order chi connectivity index (χ0) is 19.4. The molecule has 0 radical (unpaired) electrons. The molecule has 0 bridgehead atoms. The number of carbonyl (C=O) groups is 2. The van der Waals surface area contributed by atoms with Gasteiger partial charge in [0.2, 0.25) is 0 Å². The minimum Gasteiger partial charge on any atom is -0.457 e. The van der Waals surface area contributed by atoms with Crippen molar-refractivity contribution >= 4 is 11.6 Å². The second kappa shape index (κ2) is 7.96. The van der Waals surface area contributed by atoms with Gasteiger partial charge in [0.25, 0.3) is 0 Å². The van der Waals surface area contributed by atoms with Gasteiger partial charge in [-0.3, -0.25) is 9.59 Å². The molecular weight excluding hydrogens is 343 g/mol. The summed E-state index contributed by atoms with van der Waals surface area (Å²) in [5.74, 6) is 1.04. The quantitative estimate of drug-likeness (QED) is 0.562. The van der Waals surface area contributed by atoms with Crippen LogP contribution in [0.2, 0.25) is 0 Å². The van der Waals surface area contributed by atoms with Crippen molar-refractivity contribution in [2.75, 3.05) is 0 Å². The zero-order valence-electron chi connectivity index (χ0n) is 15.1. The third kappa shape index (κ3) is 4.11. The molecule has 1 heterocycles. The number of halogens is 1. The van der Waals surface area contributed by atoms with Crippen molar-refractivity contribution in [2.45, 2.75) is 19.8 Å². The minimum atomic E-state index is -0.368. The molecule has 1 aliphatic heterocycles. The van der Waals surface area contributed by atoms with Gasteiger partial charge in [-0.2, -0.15) is 0 Å². The predicted octanol–water partition coefficient (Wildman–Crippen LogP) is 5.54. The molecule has 0 spiro atoms. The summed E-state index contributed by atoms with van der Waals surface area (Å²) < 4.78 is 18.2. The molecule has 27 heavy (non-hydrogen) atoms. The van der Waals surface area contributed by atoms with Gasteiger partial charge in [0.05, 0.1) is 5.92 Å². The minimum absolute atomic E-state index is 0.112. The summed E-state index contributed by atoms with van der Waals surface area (Å²) in [6.45, 7) is 3.04. The van der Waals surface area contributed by atoms with Crippen molar-refractivity contribution in [2.24, 2.45) is 0 Å². The number of ether oxygens (including phenoxy) is 1. The third-order valence-electron chi connectivity index (χ3n) is 4.32. The Labute approximate surface area is 157 Å². The van der Waals surface area contributed by atoms with Crippen molar-refractivity contribution in [3.63, 3.8) is 0 Å². The first-order valence-corrected chi connectivity index (χ1v) is 8.60.